The third-order valence-electron chi connectivity index (χ3n) is 2.59. The molecule has 1 radical (unpaired) electrons. The summed E-state index contributed by atoms with van der Waals surface area (Å²) >= 11 is 0. The van der Waals surface area contributed by atoms with Gasteiger partial charge in [0, 0.05) is 5.56 Å². The minimum atomic E-state index is 0.844. The molecule has 1 heteroatoms. The molecule has 2 aromatic carbocycles. The van der Waals surface area contributed by atoms with E-state index in [0.29, 0.717) is 0 Å². The summed E-state index contributed by atoms with van der Waals surface area (Å²) in [7, 11) is 0. The highest BCUT2D eigenvalue weighted by molar-refractivity contribution is 5.69. The van der Waals surface area contributed by atoms with Crippen LogP contribution in [0.1, 0.15) is 12.5 Å². The first-order chi connectivity index (χ1) is 8.31. The van der Waals surface area contributed by atoms with E-state index >= 15 is 0 Å². The third kappa shape index (κ3) is 2.76. The van der Waals surface area contributed by atoms with Gasteiger partial charge in [-0.25, -0.2) is 0 Å². The second-order valence-corrected chi connectivity index (χ2v) is 3.80. The highest BCUT2D eigenvalue weighted by Crippen LogP contribution is 2.29. The largest absolute Gasteiger partial charge is 0.457 e. The molecule has 0 aliphatic heterocycles. The lowest BCUT2D eigenvalue weighted by atomic mass is 10.1. The quantitative estimate of drug-likeness (QED) is 0.731. The number of para-hydroxylation sites is 2. The summed E-state index contributed by atoms with van der Waals surface area (Å²) in [6, 6.07) is 17.8. The topological polar surface area (TPSA) is 9.23 Å². The van der Waals surface area contributed by atoms with Gasteiger partial charge in [-0.2, -0.15) is 0 Å². The summed E-state index contributed by atoms with van der Waals surface area (Å²) in [6.07, 6.45) is 1.84. The van der Waals surface area contributed by atoms with Crippen LogP contribution in [0.25, 0.3) is 5.57 Å². The Kier molecular flexibility index (Phi) is 3.61. The first-order valence-electron chi connectivity index (χ1n) is 5.59. The molecule has 0 aliphatic rings. The molecule has 0 bridgehead atoms. The van der Waals surface area contributed by atoms with Gasteiger partial charge < -0.3 is 4.74 Å². The molecule has 0 unspecified atom stereocenters. The molecule has 0 amide bonds. The van der Waals surface area contributed by atoms with E-state index in [1.54, 1.807) is 0 Å². The maximum Gasteiger partial charge on any atom is 0.134 e. The normalized spacial score (nSPS) is 11.3. The highest BCUT2D eigenvalue weighted by Gasteiger charge is 2.04. The van der Waals surface area contributed by atoms with Gasteiger partial charge in [0.15, 0.2) is 0 Å². The monoisotopic (exact) mass is 223 g/mol. The maximum atomic E-state index is 5.86. The maximum absolute atomic E-state index is 5.86. The minimum Gasteiger partial charge on any atom is -0.457 e. The second kappa shape index (κ2) is 5.35. The minimum absolute atomic E-state index is 0.844. The molecule has 0 atom stereocenters. The lowest BCUT2D eigenvalue weighted by molar-refractivity contribution is 0.481. The Hall–Kier alpha value is -2.02. The average Bonchev–Trinajstić information content (AvgIpc) is 2.40. The SMILES string of the molecule is [CH2]/C=C(/C)c1ccccc1Oc1ccccc1. The Labute approximate surface area is 102 Å². The van der Waals surface area contributed by atoms with Crippen LogP contribution in [0.3, 0.4) is 0 Å². The van der Waals surface area contributed by atoms with Crippen LogP contribution in [0.15, 0.2) is 60.7 Å². The zero-order valence-electron chi connectivity index (χ0n) is 9.89. The predicted molar refractivity (Wildman–Crippen MR) is 72.0 cm³/mol. The van der Waals surface area contributed by atoms with E-state index in [0.717, 1.165) is 22.6 Å². The van der Waals surface area contributed by atoms with Crippen molar-refractivity contribution in [1.29, 1.82) is 0 Å². The van der Waals surface area contributed by atoms with E-state index in [1.807, 2.05) is 67.6 Å². The van der Waals surface area contributed by atoms with Crippen LogP contribution in [0.4, 0.5) is 0 Å². The number of ether oxygens (including phenoxy) is 1. The van der Waals surface area contributed by atoms with Crippen LogP contribution < -0.4 is 4.74 Å². The Morgan fingerprint density at radius 3 is 2.35 bits per heavy atom. The average molecular weight is 223 g/mol. The van der Waals surface area contributed by atoms with Crippen LogP contribution >= 0.6 is 0 Å². The number of hydrogen-bond acceptors (Lipinski definition) is 1. The molecule has 0 N–H and O–H groups in total. The molecule has 0 saturated carbocycles. The van der Waals surface area contributed by atoms with E-state index in [-0.39, 0.29) is 0 Å². The van der Waals surface area contributed by atoms with Gasteiger partial charge in [-0.05, 0) is 37.6 Å². The lowest BCUT2D eigenvalue weighted by Crippen LogP contribution is -1.89. The summed E-state index contributed by atoms with van der Waals surface area (Å²) in [5, 5.41) is 0. The lowest BCUT2D eigenvalue weighted by Gasteiger charge is -2.11. The Bertz CT molecular complexity index is 512. The van der Waals surface area contributed by atoms with Crippen molar-refractivity contribution in [3.05, 3.63) is 73.2 Å². The zero-order valence-corrected chi connectivity index (χ0v) is 9.89. The van der Waals surface area contributed by atoms with Crippen LogP contribution in [-0.4, -0.2) is 0 Å². The number of benzene rings is 2. The predicted octanol–water partition coefficient (Wildman–Crippen LogP) is 4.72. The Morgan fingerprint density at radius 2 is 1.65 bits per heavy atom. The molecule has 0 spiro atoms. The van der Waals surface area contributed by atoms with Crippen molar-refractivity contribution < 1.29 is 4.74 Å². The van der Waals surface area contributed by atoms with E-state index in [4.69, 9.17) is 4.74 Å². The molecule has 17 heavy (non-hydrogen) atoms. The van der Waals surface area contributed by atoms with E-state index in [2.05, 4.69) is 6.92 Å². The van der Waals surface area contributed by atoms with E-state index < -0.39 is 0 Å². The fourth-order valence-electron chi connectivity index (χ4n) is 1.61. The van der Waals surface area contributed by atoms with Crippen LogP contribution in [-0.2, 0) is 0 Å². The van der Waals surface area contributed by atoms with Crippen LogP contribution in [0, 0.1) is 6.92 Å². The summed E-state index contributed by atoms with van der Waals surface area (Å²) in [6.45, 7) is 5.82. The van der Waals surface area contributed by atoms with Crippen molar-refractivity contribution >= 4 is 5.57 Å². The second-order valence-electron chi connectivity index (χ2n) is 3.80. The molecule has 0 saturated heterocycles. The van der Waals surface area contributed by atoms with Gasteiger partial charge in [0.2, 0.25) is 0 Å². The van der Waals surface area contributed by atoms with E-state index in [9.17, 15) is 0 Å². The molecule has 0 aromatic heterocycles. The van der Waals surface area contributed by atoms with Crippen molar-refractivity contribution in [3.8, 4) is 11.5 Å². The van der Waals surface area contributed by atoms with Gasteiger partial charge in [0.1, 0.15) is 11.5 Å². The first kappa shape index (κ1) is 11.5. The summed E-state index contributed by atoms with van der Waals surface area (Å²) in [4.78, 5) is 0. The molecule has 0 fully saturated rings. The van der Waals surface area contributed by atoms with Crippen molar-refractivity contribution in [1.82, 2.24) is 0 Å². The standard InChI is InChI=1S/C16H15O/c1-3-13(2)15-11-7-8-12-16(15)17-14-9-5-4-6-10-14/h3-12H,1H2,2H3/b13-3-. The smallest absolute Gasteiger partial charge is 0.134 e. The molecule has 0 aliphatic carbocycles. The van der Waals surface area contributed by atoms with Crippen LogP contribution in [0.5, 0.6) is 11.5 Å². The van der Waals surface area contributed by atoms with Gasteiger partial charge in [-0.15, -0.1) is 0 Å². The highest BCUT2D eigenvalue weighted by atomic mass is 16.5. The molecular formula is C16H15O. The van der Waals surface area contributed by atoms with Gasteiger partial charge in [-0.1, -0.05) is 42.5 Å². The molecule has 85 valence electrons. The van der Waals surface area contributed by atoms with Gasteiger partial charge >= 0.3 is 0 Å². The Morgan fingerprint density at radius 1 is 1.00 bits per heavy atom. The number of allylic oxidation sites excluding steroid dienone is 2. The molecule has 1 nitrogen and oxygen atoms in total. The zero-order chi connectivity index (χ0) is 12.1. The fraction of sp³-hybridized carbons (Fsp3) is 0.0625. The Balaban J connectivity index is 2.33. The number of rotatable bonds is 3. The van der Waals surface area contributed by atoms with Crippen molar-refractivity contribution in [2.24, 2.45) is 0 Å². The molecule has 2 aromatic rings. The van der Waals surface area contributed by atoms with E-state index in [1.165, 1.54) is 0 Å². The van der Waals surface area contributed by atoms with Crippen molar-refractivity contribution in [2.75, 3.05) is 0 Å². The first-order valence-corrected chi connectivity index (χ1v) is 5.59. The molecule has 0 heterocycles. The summed E-state index contributed by atoms with van der Waals surface area (Å²) in [5.41, 5.74) is 2.18. The molecular weight excluding hydrogens is 208 g/mol. The van der Waals surface area contributed by atoms with Crippen LogP contribution in [0.2, 0.25) is 0 Å². The van der Waals surface area contributed by atoms with Gasteiger partial charge in [-0.3, -0.25) is 0 Å². The number of hydrogen-bond donors (Lipinski definition) is 0. The van der Waals surface area contributed by atoms with Crippen molar-refractivity contribution in [3.63, 3.8) is 0 Å². The summed E-state index contributed by atoms with van der Waals surface area (Å²) < 4.78 is 5.86. The van der Waals surface area contributed by atoms with Gasteiger partial charge in [0.25, 0.3) is 0 Å². The van der Waals surface area contributed by atoms with Crippen molar-refractivity contribution in [2.45, 2.75) is 6.92 Å². The fourth-order valence-corrected chi connectivity index (χ4v) is 1.61. The van der Waals surface area contributed by atoms with Gasteiger partial charge in [0.05, 0.1) is 0 Å². The molecule has 2 rings (SSSR count). The third-order valence-corrected chi connectivity index (χ3v) is 2.59. The summed E-state index contributed by atoms with van der Waals surface area (Å²) in [5.74, 6) is 1.70.